The summed E-state index contributed by atoms with van der Waals surface area (Å²) in [5, 5.41) is 28.8. The summed E-state index contributed by atoms with van der Waals surface area (Å²) in [6.45, 7) is 8.16. The van der Waals surface area contributed by atoms with E-state index in [4.69, 9.17) is 28.4 Å². The smallest absolute Gasteiger partial charge is 0.338 e. The fraction of sp³-hybridized carbons (Fsp3) is 0.458. The van der Waals surface area contributed by atoms with Crippen molar-refractivity contribution in [2.24, 2.45) is 16.7 Å². The maximum atomic E-state index is 15.6. The van der Waals surface area contributed by atoms with Gasteiger partial charge in [-0.05, 0) is 54.8 Å². The molecule has 0 radical (unpaired) electrons. The number of amides is 1. The SMILES string of the molecule is CO[C@@H](C(=O)O[C@H]1C[C@@]2(O)[C@@H](OC(=O)c3ccccc3)C3[C@](C)(C(=O)[C@H](OC(C)=O)C(=C1C)C2(C)C)[C@@H](O)C[C@H]1OC[C@@]31OC(C)=O)[C@@H](NC(=O)c1ccccc1)c1ccccc1. The van der Waals surface area contributed by atoms with E-state index in [1.807, 2.05) is 0 Å². The second-order valence-corrected chi connectivity index (χ2v) is 17.6. The number of Topliss-reactive ketones (excluding diaryl/α,β-unsaturated/α-hetero) is 1. The van der Waals surface area contributed by atoms with Crippen molar-refractivity contribution in [2.45, 2.75) is 108 Å². The van der Waals surface area contributed by atoms with Crippen LogP contribution in [-0.2, 0) is 47.6 Å². The Bertz CT molecular complexity index is 2300. The summed E-state index contributed by atoms with van der Waals surface area (Å²) in [6.07, 6.45) is -9.71. The summed E-state index contributed by atoms with van der Waals surface area (Å²) >= 11 is 0. The maximum absolute atomic E-state index is 15.6. The molecule has 1 saturated heterocycles. The first-order chi connectivity index (χ1) is 29.8. The Morgan fingerprint density at radius 1 is 0.825 bits per heavy atom. The first-order valence-corrected chi connectivity index (χ1v) is 20.9. The normalized spacial score (nSPS) is 31.5. The van der Waals surface area contributed by atoms with Gasteiger partial charge in [0.15, 0.2) is 23.6 Å². The number of hydrogen-bond acceptors (Lipinski definition) is 14. The van der Waals surface area contributed by atoms with Gasteiger partial charge in [0.05, 0.1) is 35.6 Å². The van der Waals surface area contributed by atoms with Crippen LogP contribution in [0.4, 0.5) is 0 Å². The molecule has 3 fully saturated rings. The number of ether oxygens (including phenoxy) is 6. The highest BCUT2D eigenvalue weighted by atomic mass is 16.6. The molecule has 1 unspecified atom stereocenters. The summed E-state index contributed by atoms with van der Waals surface area (Å²) in [5.74, 6) is -6.38. The number of hydrogen-bond donors (Lipinski definition) is 3. The quantitative estimate of drug-likeness (QED) is 0.139. The van der Waals surface area contributed by atoms with Crippen LogP contribution in [0.5, 0.6) is 0 Å². The van der Waals surface area contributed by atoms with Crippen molar-refractivity contribution < 1.29 is 67.4 Å². The van der Waals surface area contributed by atoms with Crippen LogP contribution < -0.4 is 5.32 Å². The van der Waals surface area contributed by atoms with Crippen molar-refractivity contribution in [3.63, 3.8) is 0 Å². The molecule has 1 aliphatic heterocycles. The number of aliphatic hydroxyl groups is 2. The van der Waals surface area contributed by atoms with E-state index in [0.717, 1.165) is 6.92 Å². The zero-order valence-corrected chi connectivity index (χ0v) is 36.2. The molecular formula is C48H53NO14. The number of carbonyl (C=O) groups excluding carboxylic acids is 6. The molecule has 334 valence electrons. The Balaban J connectivity index is 1.40. The third kappa shape index (κ3) is 7.64. The molecule has 2 bridgehead atoms. The molecule has 3 aromatic carbocycles. The minimum atomic E-state index is -2.35. The highest BCUT2D eigenvalue weighted by Gasteiger charge is 2.78. The van der Waals surface area contributed by atoms with E-state index in [0.29, 0.717) is 11.1 Å². The molecule has 15 heteroatoms. The fourth-order valence-corrected chi connectivity index (χ4v) is 10.4. The number of rotatable bonds is 11. The lowest BCUT2D eigenvalue weighted by Gasteiger charge is -2.67. The Morgan fingerprint density at radius 3 is 1.95 bits per heavy atom. The number of esters is 4. The standard InChI is InChI=1S/C48H53NO14/c1-26-32(61-44(56)38(58-7)36(29-17-11-8-12-18-29)49-42(54)30-19-13-9-14-20-30)24-48(57)41(62-43(55)31-21-15-10-16-22-31)39-46(6,33(52)23-34-47(39,25-59-34)63-28(3)51)40(53)37(60-27(2)50)35(26)45(48,4)5/h8-22,32-34,36-39,41,52,57H,23-25H2,1-7H3,(H,49,54)/t32-,33-,34+,36-,37+,38+,39?,41-,46+,47-,48+/m0/s1. The molecule has 11 atom stereocenters. The number of ketones is 1. The monoisotopic (exact) mass is 867 g/mol. The lowest BCUT2D eigenvalue weighted by atomic mass is 9.44. The van der Waals surface area contributed by atoms with Gasteiger partial charge in [-0.3, -0.25) is 19.2 Å². The zero-order chi connectivity index (χ0) is 45.6. The molecule has 2 saturated carbocycles. The first-order valence-electron chi connectivity index (χ1n) is 20.9. The van der Waals surface area contributed by atoms with Gasteiger partial charge in [0.25, 0.3) is 5.91 Å². The number of benzene rings is 3. The van der Waals surface area contributed by atoms with E-state index in [-0.39, 0.29) is 29.7 Å². The predicted molar refractivity (Wildman–Crippen MR) is 222 cm³/mol. The molecule has 3 aromatic rings. The summed E-state index contributed by atoms with van der Waals surface area (Å²) in [6, 6.07) is 23.9. The van der Waals surface area contributed by atoms with Crippen LogP contribution in [0.2, 0.25) is 0 Å². The van der Waals surface area contributed by atoms with Gasteiger partial charge < -0.3 is 44.0 Å². The average molecular weight is 868 g/mol. The van der Waals surface area contributed by atoms with Gasteiger partial charge in [0, 0.05) is 44.8 Å². The fourth-order valence-electron chi connectivity index (χ4n) is 10.4. The Labute approximate surface area is 365 Å². The third-order valence-corrected chi connectivity index (χ3v) is 13.7. The van der Waals surface area contributed by atoms with Gasteiger partial charge in [0.2, 0.25) is 0 Å². The van der Waals surface area contributed by atoms with E-state index in [2.05, 4.69) is 5.32 Å². The number of carbonyl (C=O) groups is 6. The topological polar surface area (TPSA) is 210 Å². The summed E-state index contributed by atoms with van der Waals surface area (Å²) < 4.78 is 36.4. The van der Waals surface area contributed by atoms with Gasteiger partial charge in [0.1, 0.15) is 23.9 Å². The second-order valence-electron chi connectivity index (χ2n) is 17.6. The Hall–Kier alpha value is -5.74. The van der Waals surface area contributed by atoms with Crippen LogP contribution in [0, 0.1) is 16.7 Å². The first kappa shape index (κ1) is 45.3. The minimum absolute atomic E-state index is 0.0429. The highest BCUT2D eigenvalue weighted by molar-refractivity contribution is 5.96. The molecular weight excluding hydrogens is 815 g/mol. The van der Waals surface area contributed by atoms with Crippen molar-refractivity contribution >= 4 is 35.6 Å². The largest absolute Gasteiger partial charge is 0.456 e. The number of nitrogens with one attached hydrogen (secondary N) is 1. The van der Waals surface area contributed by atoms with Crippen molar-refractivity contribution in [3.8, 4) is 0 Å². The summed E-state index contributed by atoms with van der Waals surface area (Å²) in [5.41, 5.74) is -6.58. The molecule has 0 aromatic heterocycles. The van der Waals surface area contributed by atoms with Crippen molar-refractivity contribution in [1.29, 1.82) is 0 Å². The van der Waals surface area contributed by atoms with Crippen molar-refractivity contribution in [1.82, 2.24) is 5.32 Å². The molecule has 0 spiro atoms. The van der Waals surface area contributed by atoms with Gasteiger partial charge in [-0.2, -0.15) is 0 Å². The van der Waals surface area contributed by atoms with Crippen LogP contribution >= 0.6 is 0 Å². The van der Waals surface area contributed by atoms with E-state index in [1.165, 1.54) is 33.1 Å². The summed E-state index contributed by atoms with van der Waals surface area (Å²) in [4.78, 5) is 84.2. The Kier molecular flexibility index (Phi) is 12.3. The third-order valence-electron chi connectivity index (χ3n) is 13.7. The average Bonchev–Trinajstić information content (AvgIpc) is 3.25. The van der Waals surface area contributed by atoms with E-state index < -0.39 is 113 Å². The molecule has 7 rings (SSSR count). The molecule has 1 amide bonds. The maximum Gasteiger partial charge on any atom is 0.338 e. The van der Waals surface area contributed by atoms with Gasteiger partial charge in [-0.15, -0.1) is 0 Å². The van der Waals surface area contributed by atoms with Gasteiger partial charge in [-0.1, -0.05) is 80.6 Å². The van der Waals surface area contributed by atoms with Crippen molar-refractivity contribution in [3.05, 3.63) is 119 Å². The van der Waals surface area contributed by atoms with Crippen LogP contribution in [0.15, 0.2) is 102 Å². The molecule has 4 aliphatic rings. The lowest BCUT2D eigenvalue weighted by Crippen LogP contribution is -2.82. The number of fused-ring (bicyclic) bond motifs is 5. The van der Waals surface area contributed by atoms with E-state index >= 15 is 4.79 Å². The minimum Gasteiger partial charge on any atom is -0.456 e. The molecule has 3 N–H and O–H groups in total. The molecule has 3 aliphatic carbocycles. The zero-order valence-electron chi connectivity index (χ0n) is 36.2. The van der Waals surface area contributed by atoms with E-state index in [1.54, 1.807) is 99.6 Å². The van der Waals surface area contributed by atoms with E-state index in [9.17, 15) is 34.2 Å². The van der Waals surface area contributed by atoms with Crippen molar-refractivity contribution in [2.75, 3.05) is 13.7 Å². The second kappa shape index (κ2) is 17.1. The van der Waals surface area contributed by atoms with Gasteiger partial charge >= 0.3 is 23.9 Å². The van der Waals surface area contributed by atoms with Crippen LogP contribution in [0.25, 0.3) is 0 Å². The number of aliphatic hydroxyl groups excluding tert-OH is 1. The number of methoxy groups -OCH3 is 1. The molecule has 1 heterocycles. The van der Waals surface area contributed by atoms with Crippen LogP contribution in [0.1, 0.15) is 86.7 Å². The molecule has 63 heavy (non-hydrogen) atoms. The Morgan fingerprint density at radius 2 is 1.41 bits per heavy atom. The lowest BCUT2D eigenvalue weighted by molar-refractivity contribution is -0.346. The predicted octanol–water partition coefficient (Wildman–Crippen LogP) is 4.39. The van der Waals surface area contributed by atoms with Crippen LogP contribution in [-0.4, -0.2) is 107 Å². The molecule has 15 nitrogen and oxygen atoms in total. The summed E-state index contributed by atoms with van der Waals surface area (Å²) in [7, 11) is 1.28. The van der Waals surface area contributed by atoms with Crippen LogP contribution in [0.3, 0.4) is 0 Å². The van der Waals surface area contributed by atoms with Gasteiger partial charge in [-0.25, -0.2) is 9.59 Å². The highest BCUT2D eigenvalue weighted by Crippen LogP contribution is 2.64.